The van der Waals surface area contributed by atoms with Crippen LogP contribution in [0.25, 0.3) is 0 Å². The van der Waals surface area contributed by atoms with Crippen molar-refractivity contribution >= 4 is 15.6 Å². The first-order valence-corrected chi connectivity index (χ1v) is 13.4. The molecule has 9 heteroatoms. The fourth-order valence-electron chi connectivity index (χ4n) is 2.35. The third-order valence-electron chi connectivity index (χ3n) is 3.95. The van der Waals surface area contributed by atoms with Crippen molar-refractivity contribution in [1.29, 1.82) is 0 Å². The third kappa shape index (κ3) is 16.9. The molecular weight excluding hydrogens is 390 g/mol. The van der Waals surface area contributed by atoms with Gasteiger partial charge in [-0.05, 0) is 19.3 Å². The van der Waals surface area contributed by atoms with E-state index >= 15 is 0 Å². The molecule has 0 fully saturated rings. The van der Waals surface area contributed by atoms with Crippen LogP contribution in [0.5, 0.6) is 0 Å². The van der Waals surface area contributed by atoms with Gasteiger partial charge >= 0.3 is 15.6 Å². The maximum Gasteiger partial charge on any atom is 0.483 e. The standard InChI is InChI=1S/C18H40O7P2/c1-4-7-10-13-16-22-26(19,20)25-27(21,23-17-14-11-8-5-2)24-18-15-12-9-6-3/h4-18H2,1-3H3,(H,19,20). The van der Waals surface area contributed by atoms with Crippen molar-refractivity contribution in [3.63, 3.8) is 0 Å². The zero-order chi connectivity index (χ0) is 20.4. The molecule has 0 heterocycles. The Morgan fingerprint density at radius 3 is 1.33 bits per heavy atom. The van der Waals surface area contributed by atoms with Crippen molar-refractivity contribution in [2.75, 3.05) is 19.8 Å². The van der Waals surface area contributed by atoms with Crippen molar-refractivity contribution in [3.05, 3.63) is 0 Å². The minimum atomic E-state index is -4.50. The highest BCUT2D eigenvalue weighted by molar-refractivity contribution is 7.61. The molecule has 0 amide bonds. The first kappa shape index (κ1) is 27.3. The van der Waals surface area contributed by atoms with Crippen molar-refractivity contribution in [2.24, 2.45) is 0 Å². The van der Waals surface area contributed by atoms with Crippen LogP contribution >= 0.6 is 15.6 Å². The molecule has 0 aliphatic rings. The maximum absolute atomic E-state index is 12.8. The Hall–Kier alpha value is 0.260. The number of hydrogen-bond donors (Lipinski definition) is 1. The number of hydrogen-bond acceptors (Lipinski definition) is 6. The molecule has 1 N–H and O–H groups in total. The summed E-state index contributed by atoms with van der Waals surface area (Å²) < 4.78 is 45.1. The molecule has 0 saturated carbocycles. The predicted molar refractivity (Wildman–Crippen MR) is 109 cm³/mol. The lowest BCUT2D eigenvalue weighted by Crippen LogP contribution is -2.04. The van der Waals surface area contributed by atoms with E-state index in [-0.39, 0.29) is 19.8 Å². The van der Waals surface area contributed by atoms with Crippen LogP contribution in [-0.2, 0) is 27.0 Å². The highest BCUT2D eigenvalue weighted by Gasteiger charge is 2.38. The molecule has 0 aromatic rings. The molecule has 0 aliphatic heterocycles. The van der Waals surface area contributed by atoms with Gasteiger partial charge in [-0.3, -0.25) is 13.6 Å². The van der Waals surface area contributed by atoms with E-state index in [1.807, 2.05) is 0 Å². The number of phosphoric ester groups is 2. The Kier molecular flexibility index (Phi) is 17.3. The normalized spacial score (nSPS) is 14.4. The quantitative estimate of drug-likeness (QED) is 0.164. The molecule has 0 saturated heterocycles. The Balaban J connectivity index is 4.50. The topological polar surface area (TPSA) is 91.3 Å². The molecular formula is C18H40O7P2. The summed E-state index contributed by atoms with van der Waals surface area (Å²) in [6.45, 7) is 6.64. The monoisotopic (exact) mass is 430 g/mol. The van der Waals surface area contributed by atoms with Crippen LogP contribution < -0.4 is 0 Å². The van der Waals surface area contributed by atoms with Crippen molar-refractivity contribution in [1.82, 2.24) is 0 Å². The second-order valence-electron chi connectivity index (χ2n) is 6.68. The molecule has 1 atom stereocenters. The molecule has 7 nitrogen and oxygen atoms in total. The molecule has 164 valence electrons. The zero-order valence-electron chi connectivity index (χ0n) is 17.4. The van der Waals surface area contributed by atoms with Gasteiger partial charge in [0.15, 0.2) is 0 Å². The van der Waals surface area contributed by atoms with E-state index < -0.39 is 15.6 Å². The fourth-order valence-corrected chi connectivity index (χ4v) is 5.07. The van der Waals surface area contributed by atoms with E-state index in [0.717, 1.165) is 57.8 Å². The minimum Gasteiger partial charge on any atom is -0.302 e. The Labute approximate surface area is 165 Å². The Morgan fingerprint density at radius 1 is 0.593 bits per heavy atom. The summed E-state index contributed by atoms with van der Waals surface area (Å²) in [4.78, 5) is 9.87. The Morgan fingerprint density at radius 2 is 0.963 bits per heavy atom. The summed E-state index contributed by atoms with van der Waals surface area (Å²) in [5, 5.41) is 0. The summed E-state index contributed by atoms with van der Waals surface area (Å²) >= 11 is 0. The lowest BCUT2D eigenvalue weighted by molar-refractivity contribution is 0.123. The van der Waals surface area contributed by atoms with E-state index in [2.05, 4.69) is 20.8 Å². The van der Waals surface area contributed by atoms with Gasteiger partial charge < -0.3 is 4.89 Å². The van der Waals surface area contributed by atoms with Crippen molar-refractivity contribution < 1.29 is 31.9 Å². The minimum absolute atomic E-state index is 0.0702. The number of rotatable bonds is 20. The van der Waals surface area contributed by atoms with Crippen LogP contribution in [0.4, 0.5) is 0 Å². The van der Waals surface area contributed by atoms with Gasteiger partial charge in [-0.25, -0.2) is 9.13 Å². The van der Waals surface area contributed by atoms with Gasteiger partial charge in [-0.1, -0.05) is 78.6 Å². The van der Waals surface area contributed by atoms with Gasteiger partial charge in [-0.2, -0.15) is 4.31 Å². The van der Waals surface area contributed by atoms with E-state index in [0.29, 0.717) is 19.3 Å². The van der Waals surface area contributed by atoms with E-state index in [1.54, 1.807) is 0 Å². The summed E-state index contributed by atoms with van der Waals surface area (Å²) in [7, 11) is -8.64. The molecule has 0 radical (unpaired) electrons. The van der Waals surface area contributed by atoms with Gasteiger partial charge in [0.2, 0.25) is 0 Å². The molecule has 0 spiro atoms. The van der Waals surface area contributed by atoms with Crippen molar-refractivity contribution in [2.45, 2.75) is 97.8 Å². The highest BCUT2D eigenvalue weighted by Crippen LogP contribution is 2.63. The van der Waals surface area contributed by atoms with E-state index in [4.69, 9.17) is 17.9 Å². The number of unbranched alkanes of at least 4 members (excludes halogenated alkanes) is 9. The zero-order valence-corrected chi connectivity index (χ0v) is 19.2. The molecule has 0 rings (SSSR count). The van der Waals surface area contributed by atoms with Crippen LogP contribution in [0.15, 0.2) is 0 Å². The average molecular weight is 430 g/mol. The molecule has 0 aromatic carbocycles. The van der Waals surface area contributed by atoms with Crippen LogP contribution in [0.1, 0.15) is 97.8 Å². The lowest BCUT2D eigenvalue weighted by Gasteiger charge is -2.20. The third-order valence-corrected chi connectivity index (χ3v) is 7.08. The van der Waals surface area contributed by atoms with Crippen molar-refractivity contribution in [3.8, 4) is 0 Å². The largest absolute Gasteiger partial charge is 0.483 e. The van der Waals surface area contributed by atoms with Gasteiger partial charge in [0.1, 0.15) is 0 Å². The Bertz CT molecular complexity index is 414. The second-order valence-corrected chi connectivity index (χ2v) is 9.94. The SMILES string of the molecule is CCCCCCOP(=O)(O)OP(=O)(OCCCCCC)OCCCCCC. The summed E-state index contributed by atoms with van der Waals surface area (Å²) in [5.41, 5.74) is 0. The lowest BCUT2D eigenvalue weighted by atomic mass is 10.2. The second kappa shape index (κ2) is 17.1. The fraction of sp³-hybridized carbons (Fsp3) is 1.00. The average Bonchev–Trinajstić information content (AvgIpc) is 2.61. The summed E-state index contributed by atoms with van der Waals surface area (Å²) in [6.07, 6.45) is 11.1. The van der Waals surface area contributed by atoms with Crippen LogP contribution in [0.3, 0.4) is 0 Å². The van der Waals surface area contributed by atoms with Gasteiger partial charge in [0.05, 0.1) is 19.8 Å². The van der Waals surface area contributed by atoms with Crippen LogP contribution in [-0.4, -0.2) is 24.7 Å². The molecule has 0 bridgehead atoms. The van der Waals surface area contributed by atoms with Crippen LogP contribution in [0, 0.1) is 0 Å². The molecule has 0 aliphatic carbocycles. The van der Waals surface area contributed by atoms with E-state index in [1.165, 1.54) is 0 Å². The van der Waals surface area contributed by atoms with Gasteiger partial charge in [0, 0.05) is 0 Å². The van der Waals surface area contributed by atoms with Gasteiger partial charge in [-0.15, -0.1) is 0 Å². The summed E-state index contributed by atoms with van der Waals surface area (Å²) in [5.74, 6) is 0. The smallest absolute Gasteiger partial charge is 0.302 e. The highest BCUT2D eigenvalue weighted by atomic mass is 31.3. The molecule has 0 aromatic heterocycles. The van der Waals surface area contributed by atoms with Gasteiger partial charge in [0.25, 0.3) is 0 Å². The number of phosphoric acid groups is 2. The maximum atomic E-state index is 12.8. The first-order valence-electron chi connectivity index (χ1n) is 10.5. The predicted octanol–water partition coefficient (Wildman–Crippen LogP) is 7.00. The van der Waals surface area contributed by atoms with Crippen LogP contribution in [0.2, 0.25) is 0 Å². The summed E-state index contributed by atoms with van der Waals surface area (Å²) in [6, 6.07) is 0. The first-order chi connectivity index (χ1) is 12.9. The van der Waals surface area contributed by atoms with E-state index in [9.17, 15) is 14.0 Å². The molecule has 27 heavy (non-hydrogen) atoms. The molecule has 1 unspecified atom stereocenters.